The van der Waals surface area contributed by atoms with Crippen LogP contribution in [0.1, 0.15) is 5.56 Å². The highest BCUT2D eigenvalue weighted by Gasteiger charge is 2.45. The lowest BCUT2D eigenvalue weighted by molar-refractivity contribution is -0.108. The van der Waals surface area contributed by atoms with Gasteiger partial charge in [0.2, 0.25) is 5.96 Å². The first-order valence-electron chi connectivity index (χ1n) is 4.89. The van der Waals surface area contributed by atoms with Crippen LogP contribution in [0.5, 0.6) is 0 Å². The minimum atomic E-state index is -4.39. The van der Waals surface area contributed by atoms with E-state index in [1.54, 1.807) is 30.3 Å². The number of nitrogens with zero attached hydrogens (tertiary/aromatic N) is 1. The Balaban J connectivity index is 2.68. The van der Waals surface area contributed by atoms with E-state index in [0.29, 0.717) is 12.2 Å². The average Bonchev–Trinajstić information content (AvgIpc) is 2.44. The maximum Gasteiger partial charge on any atom is 0.542 e. The summed E-state index contributed by atoms with van der Waals surface area (Å²) in [4.78, 5) is 23.3. The van der Waals surface area contributed by atoms with Crippen LogP contribution in [-0.4, -0.2) is 23.2 Å². The fourth-order valence-corrected chi connectivity index (χ4v) is 1.64. The summed E-state index contributed by atoms with van der Waals surface area (Å²) in [6.07, 6.45) is 0.726. The topological polar surface area (TPSA) is 68.1 Å². The van der Waals surface area contributed by atoms with Gasteiger partial charge in [0.05, 0.1) is 0 Å². The van der Waals surface area contributed by atoms with E-state index >= 15 is 0 Å². The molecule has 1 rings (SSSR count). The molecule has 1 aromatic carbocycles. The minimum absolute atomic E-state index is 0.236. The third-order valence-electron chi connectivity index (χ3n) is 2.05. The zero-order chi connectivity index (χ0) is 13.4. The van der Waals surface area contributed by atoms with Gasteiger partial charge >= 0.3 is 7.94 Å². The molecule has 18 heavy (non-hydrogen) atoms. The predicted molar refractivity (Wildman–Crippen MR) is 62.0 cm³/mol. The minimum Gasteiger partial charge on any atom is -0.301 e. The van der Waals surface area contributed by atoms with Gasteiger partial charge in [-0.2, -0.15) is 4.89 Å². The van der Waals surface area contributed by atoms with Crippen LogP contribution in [0.3, 0.4) is 0 Å². The Bertz CT molecular complexity index is 400. The number of benzene rings is 1. The molecular weight excluding hydrogens is 267 g/mol. The maximum absolute atomic E-state index is 11.8. The molecule has 0 heterocycles. The van der Waals surface area contributed by atoms with E-state index in [0.717, 1.165) is 5.56 Å². The molecule has 98 valence electrons. The number of halogens is 2. The van der Waals surface area contributed by atoms with E-state index in [-0.39, 0.29) is 6.42 Å². The van der Waals surface area contributed by atoms with Crippen LogP contribution in [0.25, 0.3) is 0 Å². The molecule has 0 amide bonds. The Kier molecular flexibility index (Phi) is 5.94. The van der Waals surface area contributed by atoms with Crippen LogP contribution in [-0.2, 0) is 20.7 Å². The summed E-state index contributed by atoms with van der Waals surface area (Å²) in [5.74, 6) is 0.439. The van der Waals surface area contributed by atoms with E-state index in [1.165, 1.54) is 0 Å². The lowest BCUT2D eigenvalue weighted by Gasteiger charge is -2.05. The molecule has 0 saturated carbocycles. The quantitative estimate of drug-likeness (QED) is 0.472. The Hall–Kier alpha value is -1.27. The smallest absolute Gasteiger partial charge is 0.301 e. The van der Waals surface area contributed by atoms with Crippen molar-refractivity contribution in [2.75, 3.05) is 0 Å². The van der Waals surface area contributed by atoms with Crippen LogP contribution in [0.2, 0.25) is 0 Å². The summed E-state index contributed by atoms with van der Waals surface area (Å²) in [5, 5.41) is 0. The molecular formula is C10H11F2NO4P+. The first kappa shape index (κ1) is 14.8. The number of hydrogen-bond donors (Lipinski definition) is 1. The molecule has 1 N–H and O–H groups in total. The van der Waals surface area contributed by atoms with Gasteiger partial charge in [0.25, 0.3) is 0 Å². The van der Waals surface area contributed by atoms with Crippen molar-refractivity contribution < 1.29 is 28.2 Å². The van der Waals surface area contributed by atoms with Gasteiger partial charge in [-0.15, -0.1) is 0 Å². The van der Waals surface area contributed by atoms with Gasteiger partial charge in [0, 0.05) is 15.9 Å². The van der Waals surface area contributed by atoms with Gasteiger partial charge in [0.1, 0.15) is 12.3 Å². The van der Waals surface area contributed by atoms with Crippen LogP contribution < -0.4 is 0 Å². The second-order valence-electron chi connectivity index (χ2n) is 3.36. The monoisotopic (exact) mass is 278 g/mol. The first-order chi connectivity index (χ1) is 8.63. The number of aliphatic imine (C=N–C) groups is 1. The van der Waals surface area contributed by atoms with Gasteiger partial charge in [-0.25, -0.2) is 4.99 Å². The summed E-state index contributed by atoms with van der Waals surface area (Å²) in [6.45, 7) is 0. The molecule has 0 aliphatic rings. The van der Waals surface area contributed by atoms with Crippen molar-refractivity contribution in [3.05, 3.63) is 35.9 Å². The highest BCUT2D eigenvalue weighted by atomic mass is 31.2. The van der Waals surface area contributed by atoms with Gasteiger partial charge in [-0.3, -0.25) is 0 Å². The zero-order valence-corrected chi connectivity index (χ0v) is 10.0. The van der Waals surface area contributed by atoms with Crippen LogP contribution in [0.4, 0.5) is 9.05 Å². The van der Waals surface area contributed by atoms with Gasteiger partial charge in [-0.1, -0.05) is 30.3 Å². The van der Waals surface area contributed by atoms with Crippen LogP contribution >= 0.6 is 7.94 Å². The van der Waals surface area contributed by atoms with Crippen molar-refractivity contribution in [2.45, 2.75) is 12.5 Å². The van der Waals surface area contributed by atoms with Gasteiger partial charge < -0.3 is 4.79 Å². The molecule has 0 spiro atoms. The van der Waals surface area contributed by atoms with E-state index in [2.05, 4.69) is 14.4 Å². The second-order valence-corrected chi connectivity index (χ2v) is 5.00. The van der Waals surface area contributed by atoms with Crippen molar-refractivity contribution >= 4 is 20.2 Å². The van der Waals surface area contributed by atoms with Crippen molar-refractivity contribution in [2.24, 2.45) is 4.99 Å². The van der Waals surface area contributed by atoms with Gasteiger partial charge in [0.15, 0.2) is 0 Å². The van der Waals surface area contributed by atoms with Crippen LogP contribution in [0.15, 0.2) is 35.3 Å². The summed E-state index contributed by atoms with van der Waals surface area (Å²) in [5.41, 5.74) is 0.816. The Morgan fingerprint density at radius 2 is 1.94 bits per heavy atom. The molecule has 0 fully saturated rings. The SMILES string of the molecule is O=C[C@H](Cc1ccccc1)N=C[P+](O)(OF)OF. The molecule has 0 aliphatic heterocycles. The Morgan fingerprint density at radius 3 is 2.44 bits per heavy atom. The fraction of sp³-hybridized carbons (Fsp3) is 0.200. The van der Waals surface area contributed by atoms with E-state index in [1.807, 2.05) is 0 Å². The summed E-state index contributed by atoms with van der Waals surface area (Å²) in [6, 6.07) is 8.01. The van der Waals surface area contributed by atoms with E-state index < -0.39 is 14.0 Å². The number of carbonyl (C=O) groups excluding carboxylic acids is 1. The van der Waals surface area contributed by atoms with Crippen LogP contribution in [0, 0.1) is 0 Å². The Morgan fingerprint density at radius 1 is 1.33 bits per heavy atom. The third kappa shape index (κ3) is 4.54. The largest absolute Gasteiger partial charge is 0.542 e. The highest BCUT2D eigenvalue weighted by Crippen LogP contribution is 2.55. The molecule has 0 aromatic heterocycles. The normalized spacial score (nSPS) is 13.7. The van der Waals surface area contributed by atoms with Crippen molar-refractivity contribution in [3.8, 4) is 0 Å². The summed E-state index contributed by atoms with van der Waals surface area (Å²) in [7, 11) is -4.39. The van der Waals surface area contributed by atoms with Crippen molar-refractivity contribution in [1.29, 1.82) is 0 Å². The molecule has 0 unspecified atom stereocenters. The molecule has 0 aliphatic carbocycles. The second kappa shape index (κ2) is 7.23. The molecule has 8 heteroatoms. The number of carbonyl (C=O) groups is 1. The highest BCUT2D eigenvalue weighted by molar-refractivity contribution is 7.75. The Labute approximate surface area is 102 Å². The lowest BCUT2D eigenvalue weighted by atomic mass is 10.1. The van der Waals surface area contributed by atoms with Gasteiger partial charge in [-0.05, 0) is 14.6 Å². The maximum atomic E-state index is 11.8. The molecule has 0 bridgehead atoms. The van der Waals surface area contributed by atoms with Crippen molar-refractivity contribution in [3.63, 3.8) is 0 Å². The fourth-order valence-electron chi connectivity index (χ4n) is 1.21. The summed E-state index contributed by atoms with van der Waals surface area (Å²) >= 11 is 0. The number of aldehydes is 1. The van der Waals surface area contributed by atoms with E-state index in [4.69, 9.17) is 4.89 Å². The molecule has 0 radical (unpaired) electrons. The third-order valence-corrected chi connectivity index (χ3v) is 2.87. The van der Waals surface area contributed by atoms with E-state index in [9.17, 15) is 13.8 Å². The molecule has 1 aromatic rings. The first-order valence-corrected chi connectivity index (χ1v) is 6.54. The molecule has 1 atom stereocenters. The standard InChI is InChI=1S/C10H11F2NO4P/c11-16-18(15,17-12)8-13-10(7-14)6-9-4-2-1-3-5-9/h1-5,7-8,10,15H,6H2/q+1/t10-/m0/s1. The van der Waals surface area contributed by atoms with Crippen molar-refractivity contribution in [1.82, 2.24) is 0 Å². The molecule has 0 saturated heterocycles. The molecule has 5 nitrogen and oxygen atoms in total. The zero-order valence-electron chi connectivity index (χ0n) is 9.15. The number of hydrogen-bond acceptors (Lipinski definition) is 5. The summed E-state index contributed by atoms with van der Waals surface area (Å²) < 4.78 is 29.4. The predicted octanol–water partition coefficient (Wildman–Crippen LogP) is 2.38. The lowest BCUT2D eigenvalue weighted by Crippen LogP contribution is -2.11. The number of rotatable bonds is 7. The average molecular weight is 278 g/mol.